The van der Waals surface area contributed by atoms with Crippen molar-refractivity contribution in [3.8, 4) is 0 Å². The van der Waals surface area contributed by atoms with Crippen molar-refractivity contribution in [3.63, 3.8) is 0 Å². The Morgan fingerprint density at radius 2 is 1.00 bits per heavy atom. The first kappa shape index (κ1) is 5.91. The molecule has 4 heavy (non-hydrogen) atoms. The van der Waals surface area contributed by atoms with E-state index >= 15 is 0 Å². The molecule has 0 amide bonds. The van der Waals surface area contributed by atoms with Crippen molar-refractivity contribution in [2.75, 3.05) is 0 Å². The van der Waals surface area contributed by atoms with Crippen LogP contribution in [0.1, 0.15) is 0 Å². The van der Waals surface area contributed by atoms with Crippen molar-refractivity contribution < 1.29 is 12.4 Å². The maximum absolute atomic E-state index is 3.84. The summed E-state index contributed by atoms with van der Waals surface area (Å²) in [7, 11) is 0. The summed E-state index contributed by atoms with van der Waals surface area (Å²) in [4.78, 5) is 0. The summed E-state index contributed by atoms with van der Waals surface area (Å²) in [5.74, 6) is 0. The fourth-order valence-electron chi connectivity index (χ4n) is 0. The molecule has 0 radical (unpaired) electrons. The molecule has 4 heteroatoms. The van der Waals surface area contributed by atoms with Gasteiger partial charge in [-0.3, -0.25) is 0 Å². The minimum atomic E-state index is -1.09. The van der Waals surface area contributed by atoms with Gasteiger partial charge in [0.1, 0.15) is 0 Å². The van der Waals surface area contributed by atoms with E-state index in [9.17, 15) is 0 Å². The normalized spacial score (nSPS) is 5.25. The van der Waals surface area contributed by atoms with Gasteiger partial charge < -0.3 is 0 Å². The van der Waals surface area contributed by atoms with Gasteiger partial charge in [0, 0.05) is 0 Å². The van der Waals surface area contributed by atoms with E-state index in [-0.39, 0.29) is 0 Å². The Bertz CT molecular complexity index is 219. The number of hydrogen-bond acceptors (Lipinski definition) is 0. The second-order valence-electron chi connectivity index (χ2n) is 0.212. The van der Waals surface area contributed by atoms with Crippen LogP contribution in [0.5, 0.6) is 0 Å². The van der Waals surface area contributed by atoms with Crippen LogP contribution in [0.25, 0.3) is 0 Å². The van der Waals surface area contributed by atoms with E-state index in [2.05, 4.69) is 20.7 Å². The summed E-state index contributed by atoms with van der Waals surface area (Å²) < 4.78 is 0. The Hall–Kier alpha value is 1.91. The van der Waals surface area contributed by atoms with Crippen molar-refractivity contribution in [2.24, 2.45) is 0 Å². The van der Waals surface area contributed by atoms with Gasteiger partial charge in [0.05, 0.1) is 0 Å². The first-order valence-electron chi connectivity index (χ1n) is 0.474. The fraction of sp³-hybridized carbons (Fsp3) is 0. The summed E-state index contributed by atoms with van der Waals surface area (Å²) in [6.07, 6.45) is 0. The molecule has 0 aromatic heterocycles. The monoisotopic (exact) mass is 195 g/mol. The van der Waals surface area contributed by atoms with Crippen LogP contribution < -0.4 is 0 Å². The Kier molecular flexibility index (Phi) is 4.61. The van der Waals surface area contributed by atoms with Crippen LogP contribution in [0.4, 0.5) is 0 Å². The number of hydrogen-bond donors (Lipinski definition) is 0. The molecule has 0 fully saturated rings. The van der Waals surface area contributed by atoms with Crippen molar-refractivity contribution in [3.05, 3.63) is 0 Å². The molecule has 23 valence electrons. The van der Waals surface area contributed by atoms with E-state index < -0.39 is 12.4 Å². The molecular formula is P3Ru. The predicted octanol–water partition coefficient (Wildman–Crippen LogP) is 2.58. The summed E-state index contributed by atoms with van der Waals surface area (Å²) in [5.41, 5.74) is 0. The number of rotatable bonds is 0. The molecule has 0 aliphatic rings. The summed E-state index contributed by atoms with van der Waals surface area (Å²) in [6.45, 7) is 11.5. The first-order valence-corrected chi connectivity index (χ1v) is 8.42. The fourth-order valence-corrected chi connectivity index (χ4v) is 0. The molecule has 0 atom stereocenters. The molecule has 0 aromatic carbocycles. The van der Waals surface area contributed by atoms with E-state index in [4.69, 9.17) is 0 Å². The van der Waals surface area contributed by atoms with Gasteiger partial charge in [-0.1, -0.05) is 0 Å². The molecular weight excluding hydrogens is 194 g/mol. The van der Waals surface area contributed by atoms with Crippen LogP contribution in [-0.4, -0.2) is 0 Å². The minimum absolute atomic E-state index is 1.09. The zero-order valence-electron chi connectivity index (χ0n) is 1.70. The molecule has 0 bridgehead atoms. The van der Waals surface area contributed by atoms with Gasteiger partial charge in [0.15, 0.2) is 0 Å². The Morgan fingerprint density at radius 3 is 1.00 bits per heavy atom. The Balaban J connectivity index is 6.97. The molecule has 0 rings (SSSR count). The van der Waals surface area contributed by atoms with Gasteiger partial charge in [0.25, 0.3) is 0 Å². The second-order valence-corrected chi connectivity index (χ2v) is 11.3. The van der Waals surface area contributed by atoms with E-state index in [1.807, 2.05) is 0 Å². The Morgan fingerprint density at radius 1 is 1.00 bits per heavy atom. The summed E-state index contributed by atoms with van der Waals surface area (Å²) in [6, 6.07) is 0. The van der Waals surface area contributed by atoms with Crippen LogP contribution in [0.3, 0.4) is 0 Å². The van der Waals surface area contributed by atoms with Gasteiger partial charge in [-0.25, -0.2) is 0 Å². The van der Waals surface area contributed by atoms with Gasteiger partial charge in [-0.2, -0.15) is 0 Å². The molecule has 0 aromatic rings. The van der Waals surface area contributed by atoms with Crippen molar-refractivity contribution in [2.45, 2.75) is 0 Å². The third-order valence-corrected chi connectivity index (χ3v) is 0. The molecule has 0 heterocycles. The molecule has 0 nitrogen and oxygen atoms in total. The summed E-state index contributed by atoms with van der Waals surface area (Å²) in [5, 5.41) is 0. The zero-order chi connectivity index (χ0) is 3.58. The standard InChI is InChI=1S/3P.Ru. The SMILES string of the molecule is [P]#[Ru](#[P])#[P]. The van der Waals surface area contributed by atoms with E-state index in [1.165, 1.54) is 0 Å². The van der Waals surface area contributed by atoms with Crippen molar-refractivity contribution >= 4 is 20.7 Å². The quantitative estimate of drug-likeness (QED) is 0.410. The predicted molar refractivity (Wildman–Crippen MR) is 20.8 cm³/mol. The zero-order valence-corrected chi connectivity index (χ0v) is 6.12. The van der Waals surface area contributed by atoms with Crippen LogP contribution in [0.15, 0.2) is 0 Å². The topological polar surface area (TPSA) is 0 Å². The van der Waals surface area contributed by atoms with Crippen LogP contribution in [0, 0.1) is 0 Å². The summed E-state index contributed by atoms with van der Waals surface area (Å²) >= 11 is -1.09. The molecule has 0 saturated heterocycles. The van der Waals surface area contributed by atoms with Crippen LogP contribution in [0.2, 0.25) is 0 Å². The van der Waals surface area contributed by atoms with Crippen molar-refractivity contribution in [1.29, 1.82) is 0 Å². The van der Waals surface area contributed by atoms with Crippen LogP contribution >= 0.6 is 20.7 Å². The maximum atomic E-state index is 3.84. The Labute approximate surface area is 33.4 Å². The first-order chi connectivity index (χ1) is 1.73. The van der Waals surface area contributed by atoms with Crippen molar-refractivity contribution in [1.82, 2.24) is 0 Å². The average molecular weight is 194 g/mol. The van der Waals surface area contributed by atoms with Gasteiger partial charge in [-0.15, -0.1) is 0 Å². The van der Waals surface area contributed by atoms with Gasteiger partial charge >= 0.3 is 33.1 Å². The van der Waals surface area contributed by atoms with Crippen LogP contribution in [-0.2, 0) is 12.4 Å². The van der Waals surface area contributed by atoms with E-state index in [0.29, 0.717) is 0 Å². The van der Waals surface area contributed by atoms with E-state index in [0.717, 1.165) is 0 Å². The second kappa shape index (κ2) is 3.12. The van der Waals surface area contributed by atoms with Gasteiger partial charge in [-0.05, 0) is 0 Å². The average Bonchev–Trinajstić information content (AvgIpc) is 0.811. The molecule has 0 saturated carbocycles. The molecule has 0 N–H and O–H groups in total. The molecule has 0 aliphatic carbocycles. The molecule has 0 spiro atoms. The third-order valence-electron chi connectivity index (χ3n) is 0. The molecule has 0 aliphatic heterocycles. The molecule has 0 unspecified atom stereocenters. The van der Waals surface area contributed by atoms with Gasteiger partial charge in [0.2, 0.25) is 0 Å². The third kappa shape index (κ3) is 9.07. The van der Waals surface area contributed by atoms with E-state index in [1.54, 1.807) is 0 Å².